The third-order valence-corrected chi connectivity index (χ3v) is 3.36. The minimum atomic E-state index is -1.17. The van der Waals surface area contributed by atoms with Gasteiger partial charge in [0.05, 0.1) is 11.7 Å². The van der Waals surface area contributed by atoms with Crippen LogP contribution in [0.1, 0.15) is 23.3 Å². The van der Waals surface area contributed by atoms with Gasteiger partial charge in [0.1, 0.15) is 18.9 Å². The number of aliphatic carboxylic acids is 1. The molecule has 1 aliphatic heterocycles. The first kappa shape index (κ1) is 16.6. The molecule has 10 nitrogen and oxygen atoms in total. The summed E-state index contributed by atoms with van der Waals surface area (Å²) in [6, 6.07) is -1.55. The molecule has 1 aliphatic rings. The number of carboxylic acids is 1. The lowest BCUT2D eigenvalue weighted by Gasteiger charge is -2.10. The highest BCUT2D eigenvalue weighted by Crippen LogP contribution is 2.10. The van der Waals surface area contributed by atoms with Gasteiger partial charge in [0.15, 0.2) is 0 Å². The zero-order valence-electron chi connectivity index (χ0n) is 12.2. The maximum Gasteiger partial charge on any atom is 0.322 e. The number of carbonyl (C=O) groups excluding carboxylic acids is 3. The van der Waals surface area contributed by atoms with Crippen LogP contribution in [0.3, 0.4) is 0 Å². The van der Waals surface area contributed by atoms with Crippen LogP contribution in [0.5, 0.6) is 0 Å². The number of aromatic nitrogens is 2. The Labute approximate surface area is 131 Å². The van der Waals surface area contributed by atoms with Crippen molar-refractivity contribution in [3.8, 4) is 0 Å². The van der Waals surface area contributed by atoms with E-state index in [2.05, 4.69) is 15.6 Å². The minimum absolute atomic E-state index is 0.0583. The summed E-state index contributed by atoms with van der Waals surface area (Å²) in [5.74, 6) is -2.25. The number of nitrogens with zero attached hydrogens (tertiary/aromatic N) is 2. The number of hydrogen-bond acceptors (Lipinski definition) is 6. The van der Waals surface area contributed by atoms with Crippen LogP contribution in [-0.2, 0) is 20.8 Å². The van der Waals surface area contributed by atoms with Crippen molar-refractivity contribution in [1.82, 2.24) is 20.2 Å². The van der Waals surface area contributed by atoms with E-state index in [1.165, 1.54) is 17.1 Å². The van der Waals surface area contributed by atoms with Crippen LogP contribution < -0.4 is 16.4 Å². The molecule has 0 spiro atoms. The Bertz CT molecular complexity index is 640. The Hall–Kier alpha value is -2.75. The number of rotatable bonds is 6. The highest BCUT2D eigenvalue weighted by molar-refractivity contribution is 5.92. The predicted molar refractivity (Wildman–Crippen MR) is 76.3 cm³/mol. The van der Waals surface area contributed by atoms with E-state index in [1.54, 1.807) is 0 Å². The monoisotopic (exact) mass is 323 g/mol. The Kier molecular flexibility index (Phi) is 5.06. The van der Waals surface area contributed by atoms with Crippen molar-refractivity contribution in [3.63, 3.8) is 0 Å². The molecule has 0 radical (unpaired) electrons. The number of hydrogen-bond donors (Lipinski definition) is 4. The van der Waals surface area contributed by atoms with Gasteiger partial charge in [-0.25, -0.2) is 4.98 Å². The maximum absolute atomic E-state index is 12.1. The molecule has 5 N–H and O–H groups in total. The lowest BCUT2D eigenvalue weighted by atomic mass is 10.1. The van der Waals surface area contributed by atoms with Gasteiger partial charge < -0.3 is 21.5 Å². The van der Waals surface area contributed by atoms with Gasteiger partial charge in [0, 0.05) is 19.0 Å². The van der Waals surface area contributed by atoms with Crippen LogP contribution in [0.4, 0.5) is 0 Å². The molecule has 2 amide bonds. The third kappa shape index (κ3) is 4.36. The summed E-state index contributed by atoms with van der Waals surface area (Å²) >= 11 is 0. The van der Waals surface area contributed by atoms with Crippen LogP contribution in [0.25, 0.3) is 0 Å². The molecule has 10 heteroatoms. The fraction of sp³-hybridized carbons (Fsp3) is 0.462. The van der Waals surface area contributed by atoms with Crippen molar-refractivity contribution in [2.24, 2.45) is 5.73 Å². The average Bonchev–Trinajstić information content (AvgIpc) is 3.13. The van der Waals surface area contributed by atoms with Gasteiger partial charge >= 0.3 is 5.97 Å². The fourth-order valence-corrected chi connectivity index (χ4v) is 2.18. The summed E-state index contributed by atoms with van der Waals surface area (Å²) in [5.41, 5.74) is 6.08. The van der Waals surface area contributed by atoms with Gasteiger partial charge in [-0.2, -0.15) is 0 Å². The highest BCUT2D eigenvalue weighted by atomic mass is 16.4. The Balaban J connectivity index is 1.91. The summed E-state index contributed by atoms with van der Waals surface area (Å²) in [6.45, 7) is -0.513. The molecule has 0 aliphatic carbocycles. The summed E-state index contributed by atoms with van der Waals surface area (Å²) < 4.78 is 1.24. The van der Waals surface area contributed by atoms with Gasteiger partial charge in [-0.15, -0.1) is 0 Å². The summed E-state index contributed by atoms with van der Waals surface area (Å²) in [6.07, 6.45) is 3.54. The van der Waals surface area contributed by atoms with Gasteiger partial charge in [0.25, 0.3) is 5.91 Å². The fourth-order valence-electron chi connectivity index (χ4n) is 2.18. The van der Waals surface area contributed by atoms with E-state index in [0.717, 1.165) is 0 Å². The molecule has 124 valence electrons. The lowest BCUT2D eigenvalue weighted by molar-refractivity contribution is -0.138. The van der Waals surface area contributed by atoms with Gasteiger partial charge in [-0.3, -0.25) is 23.7 Å². The second-order valence-electron chi connectivity index (χ2n) is 5.19. The van der Waals surface area contributed by atoms with Crippen LogP contribution >= 0.6 is 0 Å². The molecule has 2 rings (SSSR count). The zero-order chi connectivity index (χ0) is 17.0. The van der Waals surface area contributed by atoms with Crippen molar-refractivity contribution in [2.45, 2.75) is 31.3 Å². The van der Waals surface area contributed by atoms with E-state index in [-0.39, 0.29) is 18.2 Å². The van der Waals surface area contributed by atoms with Crippen molar-refractivity contribution in [2.75, 3.05) is 6.54 Å². The van der Waals surface area contributed by atoms with Crippen molar-refractivity contribution < 1.29 is 24.3 Å². The number of carboxylic acid groups (broad SMARTS) is 1. The molecular weight excluding hydrogens is 306 g/mol. The molecular formula is C13H17N5O5. The van der Waals surface area contributed by atoms with Crippen molar-refractivity contribution in [3.05, 3.63) is 18.2 Å². The second-order valence-corrected chi connectivity index (χ2v) is 5.19. The molecule has 0 aromatic carbocycles. The molecule has 2 heterocycles. The molecule has 1 aromatic rings. The SMILES string of the molecule is N[C@@H](Cc1cn(C(=O)[C@@H]2CCC(=O)N2)cn1)C(=O)NCC(=O)O. The van der Waals surface area contributed by atoms with Gasteiger partial charge in [-0.1, -0.05) is 0 Å². The molecule has 0 bridgehead atoms. The Morgan fingerprint density at radius 2 is 2.26 bits per heavy atom. The second kappa shape index (κ2) is 7.01. The number of nitrogens with one attached hydrogen (secondary N) is 2. The molecule has 1 aromatic heterocycles. The smallest absolute Gasteiger partial charge is 0.322 e. The maximum atomic E-state index is 12.1. The zero-order valence-corrected chi connectivity index (χ0v) is 12.2. The molecule has 23 heavy (non-hydrogen) atoms. The van der Waals surface area contributed by atoms with E-state index in [4.69, 9.17) is 10.8 Å². The molecule has 0 unspecified atom stereocenters. The lowest BCUT2D eigenvalue weighted by Crippen LogP contribution is -2.43. The summed E-state index contributed by atoms with van der Waals surface area (Å²) in [4.78, 5) is 49.2. The molecule has 0 saturated carbocycles. The van der Waals surface area contributed by atoms with Gasteiger partial charge in [-0.05, 0) is 6.42 Å². The molecule has 1 saturated heterocycles. The van der Waals surface area contributed by atoms with Crippen molar-refractivity contribution in [1.29, 1.82) is 0 Å². The van der Waals surface area contributed by atoms with E-state index < -0.39 is 30.5 Å². The number of amides is 2. The van der Waals surface area contributed by atoms with Crippen molar-refractivity contribution >= 4 is 23.7 Å². The van der Waals surface area contributed by atoms with E-state index >= 15 is 0 Å². The largest absolute Gasteiger partial charge is 0.480 e. The number of carbonyl (C=O) groups is 4. The van der Waals surface area contributed by atoms with Crippen LogP contribution in [0, 0.1) is 0 Å². The van der Waals surface area contributed by atoms with E-state index in [0.29, 0.717) is 18.5 Å². The van der Waals surface area contributed by atoms with Crippen LogP contribution in [0.2, 0.25) is 0 Å². The van der Waals surface area contributed by atoms with E-state index in [1.807, 2.05) is 0 Å². The number of nitrogens with two attached hydrogens (primary N) is 1. The van der Waals surface area contributed by atoms with E-state index in [9.17, 15) is 19.2 Å². The van der Waals surface area contributed by atoms with Crippen LogP contribution in [-0.4, -0.2) is 57.0 Å². The minimum Gasteiger partial charge on any atom is -0.480 e. The first-order chi connectivity index (χ1) is 10.9. The Morgan fingerprint density at radius 1 is 1.52 bits per heavy atom. The highest BCUT2D eigenvalue weighted by Gasteiger charge is 2.28. The predicted octanol–water partition coefficient (Wildman–Crippen LogP) is -2.13. The molecule has 1 fully saturated rings. The summed E-state index contributed by atoms with van der Waals surface area (Å²) in [7, 11) is 0. The van der Waals surface area contributed by atoms with Gasteiger partial charge in [0.2, 0.25) is 11.8 Å². The first-order valence-corrected chi connectivity index (χ1v) is 6.98. The quantitative estimate of drug-likeness (QED) is 0.466. The standard InChI is InChI=1S/C13H17N5O5/c14-8(12(22)15-4-11(20)21)3-7-5-18(6-16-7)13(23)9-1-2-10(19)17-9/h5-6,8-9H,1-4,14H2,(H,15,22)(H,17,19)(H,20,21)/t8-,9-/m0/s1. The topological polar surface area (TPSA) is 156 Å². The first-order valence-electron chi connectivity index (χ1n) is 6.98. The normalized spacial score (nSPS) is 18.3. The molecule has 2 atom stereocenters. The average molecular weight is 323 g/mol. The summed E-state index contributed by atoms with van der Waals surface area (Å²) in [5, 5.41) is 13.2. The number of imidazole rings is 1. The van der Waals surface area contributed by atoms with Crippen LogP contribution in [0.15, 0.2) is 12.5 Å². The third-order valence-electron chi connectivity index (χ3n) is 3.36. The Morgan fingerprint density at radius 3 is 2.87 bits per heavy atom.